The van der Waals surface area contributed by atoms with Crippen molar-refractivity contribution in [1.29, 1.82) is 0 Å². The molecule has 0 saturated carbocycles. The van der Waals surface area contributed by atoms with Crippen LogP contribution < -0.4 is 0 Å². The molecule has 0 N–H and O–H groups in total. The van der Waals surface area contributed by atoms with Gasteiger partial charge in [-0.15, -0.1) is 11.3 Å². The number of rotatable bonds is 3. The number of aryl methyl sites for hydroxylation is 1. The Hall–Kier alpha value is -2.21. The molecule has 0 saturated heterocycles. The van der Waals surface area contributed by atoms with Crippen LogP contribution in [-0.4, -0.2) is 18.0 Å². The molecule has 0 bridgehead atoms. The Morgan fingerprint density at radius 2 is 2.05 bits per heavy atom. The third kappa shape index (κ3) is 2.48. The van der Waals surface area contributed by atoms with Gasteiger partial charge in [-0.25, -0.2) is 4.79 Å². The summed E-state index contributed by atoms with van der Waals surface area (Å²) in [6.07, 6.45) is 0. The smallest absolute Gasteiger partial charge is 0.338 e. The van der Waals surface area contributed by atoms with Crippen molar-refractivity contribution < 1.29 is 14.5 Å². The van der Waals surface area contributed by atoms with Gasteiger partial charge in [0, 0.05) is 15.8 Å². The molecule has 2 aromatic rings. The summed E-state index contributed by atoms with van der Waals surface area (Å²) in [5, 5.41) is 11.0. The molecular weight excluding hydrogens is 266 g/mol. The van der Waals surface area contributed by atoms with E-state index in [-0.39, 0.29) is 5.69 Å². The molecule has 0 aliphatic carbocycles. The molecule has 1 aromatic carbocycles. The van der Waals surface area contributed by atoms with Crippen LogP contribution in [0.1, 0.15) is 15.2 Å². The summed E-state index contributed by atoms with van der Waals surface area (Å²) in [7, 11) is 1.31. The Balaban J connectivity index is 2.55. The maximum Gasteiger partial charge on any atom is 0.338 e. The second kappa shape index (κ2) is 5.19. The van der Waals surface area contributed by atoms with Crippen molar-refractivity contribution in [3.8, 4) is 10.4 Å². The summed E-state index contributed by atoms with van der Waals surface area (Å²) in [5.74, 6) is -0.432. The number of thiophene rings is 1. The first-order valence-electron chi connectivity index (χ1n) is 5.47. The van der Waals surface area contributed by atoms with Gasteiger partial charge in [0.1, 0.15) is 0 Å². The topological polar surface area (TPSA) is 69.4 Å². The van der Waals surface area contributed by atoms with Crippen molar-refractivity contribution in [3.63, 3.8) is 0 Å². The maximum absolute atomic E-state index is 11.5. The zero-order valence-corrected chi connectivity index (χ0v) is 11.2. The minimum atomic E-state index is -0.432. The van der Waals surface area contributed by atoms with Crippen molar-refractivity contribution in [3.05, 3.63) is 50.9 Å². The van der Waals surface area contributed by atoms with E-state index in [2.05, 4.69) is 4.74 Å². The van der Waals surface area contributed by atoms with Gasteiger partial charge in [-0.05, 0) is 19.1 Å². The third-order valence-corrected chi connectivity index (χ3v) is 3.77. The van der Waals surface area contributed by atoms with Crippen molar-refractivity contribution >= 4 is 23.0 Å². The number of carbonyl (C=O) groups is 1. The molecular formula is C13H11NO4S. The molecule has 5 nitrogen and oxygen atoms in total. The van der Waals surface area contributed by atoms with Crippen molar-refractivity contribution in [2.24, 2.45) is 0 Å². The van der Waals surface area contributed by atoms with Gasteiger partial charge >= 0.3 is 5.97 Å². The number of nitrogens with zero attached hydrogens (tertiary/aromatic N) is 1. The molecule has 1 heterocycles. The van der Waals surface area contributed by atoms with E-state index in [9.17, 15) is 14.9 Å². The van der Waals surface area contributed by atoms with Crippen LogP contribution in [0.3, 0.4) is 0 Å². The Kier molecular flexibility index (Phi) is 3.62. The second-order valence-corrected chi connectivity index (χ2v) is 5.10. The first-order chi connectivity index (χ1) is 9.04. The normalized spacial score (nSPS) is 10.2. The Morgan fingerprint density at radius 3 is 2.68 bits per heavy atom. The zero-order chi connectivity index (χ0) is 14.0. The van der Waals surface area contributed by atoms with Crippen LogP contribution in [0, 0.1) is 17.0 Å². The second-order valence-electron chi connectivity index (χ2n) is 3.85. The summed E-state index contributed by atoms with van der Waals surface area (Å²) < 4.78 is 4.68. The van der Waals surface area contributed by atoms with Gasteiger partial charge in [0.15, 0.2) is 0 Å². The van der Waals surface area contributed by atoms with Crippen LogP contribution in [0.5, 0.6) is 0 Å². The van der Waals surface area contributed by atoms with Crippen LogP contribution in [0.15, 0.2) is 30.3 Å². The molecule has 0 aliphatic rings. The molecule has 0 atom stereocenters. The predicted molar refractivity (Wildman–Crippen MR) is 72.5 cm³/mol. The minimum absolute atomic E-state index is 0.0279. The average Bonchev–Trinajstić information content (AvgIpc) is 2.79. The van der Waals surface area contributed by atoms with Gasteiger partial charge in [-0.3, -0.25) is 10.1 Å². The number of para-hydroxylation sites is 1. The van der Waals surface area contributed by atoms with Gasteiger partial charge in [-0.2, -0.15) is 0 Å². The van der Waals surface area contributed by atoms with Crippen molar-refractivity contribution in [2.75, 3.05) is 7.11 Å². The molecule has 0 amide bonds. The lowest BCUT2D eigenvalue weighted by molar-refractivity contribution is -0.384. The quantitative estimate of drug-likeness (QED) is 0.489. The Bertz CT molecular complexity index is 648. The largest absolute Gasteiger partial charge is 0.465 e. The monoisotopic (exact) mass is 277 g/mol. The summed E-state index contributed by atoms with van der Waals surface area (Å²) in [6.45, 7) is 1.79. The van der Waals surface area contributed by atoms with E-state index in [1.165, 1.54) is 24.5 Å². The van der Waals surface area contributed by atoms with E-state index in [0.29, 0.717) is 16.0 Å². The Morgan fingerprint density at radius 1 is 1.37 bits per heavy atom. The molecule has 2 rings (SSSR count). The zero-order valence-electron chi connectivity index (χ0n) is 10.4. The first-order valence-corrected chi connectivity index (χ1v) is 6.28. The average molecular weight is 277 g/mol. The third-order valence-electron chi connectivity index (χ3n) is 2.69. The molecule has 1 aromatic heterocycles. The maximum atomic E-state index is 11.5. The number of ether oxygens (including phenoxy) is 1. The van der Waals surface area contributed by atoms with Crippen molar-refractivity contribution in [1.82, 2.24) is 0 Å². The minimum Gasteiger partial charge on any atom is -0.465 e. The lowest BCUT2D eigenvalue weighted by atomic mass is 10.1. The molecule has 98 valence electrons. The van der Waals surface area contributed by atoms with E-state index in [0.717, 1.165) is 4.88 Å². The molecule has 0 aliphatic heterocycles. The van der Waals surface area contributed by atoms with Gasteiger partial charge in [0.05, 0.1) is 23.2 Å². The summed E-state index contributed by atoms with van der Waals surface area (Å²) in [4.78, 5) is 23.6. The molecule has 0 spiro atoms. The number of benzene rings is 1. The fraction of sp³-hybridized carbons (Fsp3) is 0.154. The lowest BCUT2D eigenvalue weighted by Gasteiger charge is -1.98. The van der Waals surface area contributed by atoms with E-state index in [4.69, 9.17) is 0 Å². The number of nitro groups is 1. The highest BCUT2D eigenvalue weighted by Gasteiger charge is 2.19. The highest BCUT2D eigenvalue weighted by Crippen LogP contribution is 2.36. The van der Waals surface area contributed by atoms with Gasteiger partial charge in [0.25, 0.3) is 5.69 Å². The van der Waals surface area contributed by atoms with Gasteiger partial charge < -0.3 is 4.74 Å². The van der Waals surface area contributed by atoms with Crippen LogP contribution in [0.4, 0.5) is 5.69 Å². The summed E-state index contributed by atoms with van der Waals surface area (Å²) >= 11 is 1.34. The molecule has 0 radical (unpaired) electrons. The van der Waals surface area contributed by atoms with Gasteiger partial charge in [-0.1, -0.05) is 12.1 Å². The van der Waals surface area contributed by atoms with Crippen LogP contribution in [0.25, 0.3) is 10.4 Å². The first kappa shape index (κ1) is 13.2. The van der Waals surface area contributed by atoms with Crippen molar-refractivity contribution in [2.45, 2.75) is 6.92 Å². The van der Waals surface area contributed by atoms with E-state index in [1.54, 1.807) is 31.2 Å². The number of hydrogen-bond acceptors (Lipinski definition) is 5. The number of esters is 1. The fourth-order valence-corrected chi connectivity index (χ4v) is 2.81. The fourth-order valence-electron chi connectivity index (χ4n) is 1.77. The van der Waals surface area contributed by atoms with Crippen LogP contribution in [0.2, 0.25) is 0 Å². The standard InChI is InChI=1S/C13H11NO4S/c1-8-10(13(15)18-2)7-12(19-8)9-5-3-4-6-11(9)14(16)17/h3-7H,1-2H3. The Labute approximate surface area is 113 Å². The predicted octanol–water partition coefficient (Wildman–Crippen LogP) is 3.42. The summed E-state index contributed by atoms with van der Waals surface area (Å²) in [5.41, 5.74) is 0.983. The van der Waals surface area contributed by atoms with Crippen LogP contribution >= 0.6 is 11.3 Å². The molecule has 0 fully saturated rings. The number of carbonyl (C=O) groups excluding carboxylic acids is 1. The lowest BCUT2D eigenvalue weighted by Crippen LogP contribution is -2.00. The van der Waals surface area contributed by atoms with E-state index in [1.807, 2.05) is 0 Å². The number of nitro benzene ring substituents is 1. The highest BCUT2D eigenvalue weighted by molar-refractivity contribution is 7.15. The number of methoxy groups -OCH3 is 1. The van der Waals surface area contributed by atoms with E-state index < -0.39 is 10.9 Å². The summed E-state index contributed by atoms with van der Waals surface area (Å²) in [6, 6.07) is 8.10. The number of hydrogen-bond donors (Lipinski definition) is 0. The molecule has 6 heteroatoms. The molecule has 0 unspecified atom stereocenters. The molecule has 19 heavy (non-hydrogen) atoms. The van der Waals surface area contributed by atoms with Crippen LogP contribution in [-0.2, 0) is 4.74 Å². The SMILES string of the molecule is COC(=O)c1cc(-c2ccccc2[N+](=O)[O-])sc1C. The van der Waals surface area contributed by atoms with E-state index >= 15 is 0 Å². The van der Waals surface area contributed by atoms with Gasteiger partial charge in [0.2, 0.25) is 0 Å². The highest BCUT2D eigenvalue weighted by atomic mass is 32.1.